The van der Waals surface area contributed by atoms with E-state index in [0.29, 0.717) is 21.7 Å². The number of nitrogen functional groups attached to an aromatic ring is 1. The zero-order valence-corrected chi connectivity index (χ0v) is 10.7. The number of thiophene rings is 1. The minimum atomic E-state index is -0.278. The van der Waals surface area contributed by atoms with Gasteiger partial charge in [-0.05, 0) is 29.6 Å². The second-order valence-corrected chi connectivity index (χ2v) is 5.13. The molecule has 0 bridgehead atoms. The average Bonchev–Trinajstić information content (AvgIpc) is 2.87. The van der Waals surface area contributed by atoms with Crippen molar-refractivity contribution in [3.05, 3.63) is 51.1 Å². The Kier molecular flexibility index (Phi) is 2.57. The maximum Gasteiger partial charge on any atom is 0.280 e. The molecule has 2 N–H and O–H groups in total. The third-order valence-electron chi connectivity index (χ3n) is 2.61. The summed E-state index contributed by atoms with van der Waals surface area (Å²) in [7, 11) is 0. The van der Waals surface area contributed by atoms with Crippen molar-refractivity contribution >= 4 is 33.8 Å². The number of fused-ring (bicyclic) bond motifs is 1. The van der Waals surface area contributed by atoms with Crippen LogP contribution in [0.15, 0.2) is 40.5 Å². The van der Waals surface area contributed by atoms with Gasteiger partial charge in [0.05, 0.1) is 15.8 Å². The lowest BCUT2D eigenvalue weighted by Crippen LogP contribution is -2.29. The molecule has 0 saturated carbocycles. The Morgan fingerprint density at radius 3 is 2.89 bits per heavy atom. The third-order valence-corrected chi connectivity index (χ3v) is 3.71. The van der Waals surface area contributed by atoms with Crippen molar-refractivity contribution in [1.82, 2.24) is 9.66 Å². The zero-order valence-electron chi connectivity index (χ0n) is 9.13. The Labute approximate surface area is 111 Å². The standard InChI is InChI=1S/C12H8ClN3OS/c13-7-3-4-8-9(6-7)15-11(16(14)12(8)17)10-2-1-5-18-10/h1-6H,14H2. The predicted octanol–water partition coefficient (Wildman–Crippen LogP) is 2.49. The number of rotatable bonds is 1. The van der Waals surface area contributed by atoms with Crippen LogP contribution < -0.4 is 11.4 Å². The molecule has 0 fully saturated rings. The van der Waals surface area contributed by atoms with E-state index in [1.54, 1.807) is 18.2 Å². The fourth-order valence-electron chi connectivity index (χ4n) is 1.75. The van der Waals surface area contributed by atoms with Crippen LogP contribution in [0.5, 0.6) is 0 Å². The number of benzene rings is 1. The maximum atomic E-state index is 12.1. The smallest absolute Gasteiger partial charge is 0.280 e. The molecule has 3 rings (SSSR count). The maximum absolute atomic E-state index is 12.1. The fraction of sp³-hybridized carbons (Fsp3) is 0. The van der Waals surface area contributed by atoms with Crippen LogP contribution in [-0.4, -0.2) is 9.66 Å². The minimum Gasteiger partial charge on any atom is -0.334 e. The fourth-order valence-corrected chi connectivity index (χ4v) is 2.63. The van der Waals surface area contributed by atoms with Crippen LogP contribution in [0, 0.1) is 0 Å². The van der Waals surface area contributed by atoms with E-state index < -0.39 is 0 Å². The highest BCUT2D eigenvalue weighted by molar-refractivity contribution is 7.13. The molecule has 0 aliphatic rings. The molecule has 2 heterocycles. The van der Waals surface area contributed by atoms with Gasteiger partial charge in [0.2, 0.25) is 0 Å². The molecule has 2 aromatic heterocycles. The zero-order chi connectivity index (χ0) is 12.7. The van der Waals surface area contributed by atoms with Crippen molar-refractivity contribution in [2.45, 2.75) is 0 Å². The summed E-state index contributed by atoms with van der Waals surface area (Å²) in [6, 6.07) is 8.70. The van der Waals surface area contributed by atoms with E-state index in [9.17, 15) is 4.79 Å². The van der Waals surface area contributed by atoms with Crippen molar-refractivity contribution in [2.75, 3.05) is 5.84 Å². The Morgan fingerprint density at radius 2 is 2.17 bits per heavy atom. The van der Waals surface area contributed by atoms with Gasteiger partial charge < -0.3 is 5.84 Å². The summed E-state index contributed by atoms with van der Waals surface area (Å²) in [6.07, 6.45) is 0. The highest BCUT2D eigenvalue weighted by Crippen LogP contribution is 2.23. The van der Waals surface area contributed by atoms with Gasteiger partial charge in [0, 0.05) is 5.02 Å². The van der Waals surface area contributed by atoms with Crippen LogP contribution in [0.3, 0.4) is 0 Å². The molecule has 6 heteroatoms. The van der Waals surface area contributed by atoms with E-state index in [1.165, 1.54) is 11.3 Å². The topological polar surface area (TPSA) is 60.9 Å². The molecule has 90 valence electrons. The Hall–Kier alpha value is -1.85. The second kappa shape index (κ2) is 4.12. The second-order valence-electron chi connectivity index (χ2n) is 3.75. The van der Waals surface area contributed by atoms with Gasteiger partial charge in [0.25, 0.3) is 5.56 Å². The number of hydrogen-bond donors (Lipinski definition) is 1. The molecular formula is C12H8ClN3OS. The van der Waals surface area contributed by atoms with Gasteiger partial charge in [-0.15, -0.1) is 11.3 Å². The quantitative estimate of drug-likeness (QED) is 0.695. The molecule has 0 unspecified atom stereocenters. The van der Waals surface area contributed by atoms with Crippen LogP contribution in [0.25, 0.3) is 21.6 Å². The first-order valence-electron chi connectivity index (χ1n) is 5.18. The van der Waals surface area contributed by atoms with Crippen molar-refractivity contribution in [2.24, 2.45) is 0 Å². The summed E-state index contributed by atoms with van der Waals surface area (Å²) in [4.78, 5) is 17.4. The minimum absolute atomic E-state index is 0.278. The van der Waals surface area contributed by atoms with Gasteiger partial charge >= 0.3 is 0 Å². The van der Waals surface area contributed by atoms with Crippen LogP contribution >= 0.6 is 22.9 Å². The molecule has 0 amide bonds. The molecule has 0 saturated heterocycles. The van der Waals surface area contributed by atoms with E-state index in [0.717, 1.165) is 9.55 Å². The largest absolute Gasteiger partial charge is 0.334 e. The number of hydrogen-bond acceptors (Lipinski definition) is 4. The number of aromatic nitrogens is 2. The van der Waals surface area contributed by atoms with Gasteiger partial charge in [-0.1, -0.05) is 17.7 Å². The number of halogens is 1. The summed E-state index contributed by atoms with van der Waals surface area (Å²) in [6.45, 7) is 0. The Bertz CT molecular complexity index is 780. The Balaban J connectivity index is 2.41. The lowest BCUT2D eigenvalue weighted by Gasteiger charge is -2.07. The van der Waals surface area contributed by atoms with Gasteiger partial charge in [-0.2, -0.15) is 0 Å². The summed E-state index contributed by atoms with van der Waals surface area (Å²) < 4.78 is 1.07. The lowest BCUT2D eigenvalue weighted by molar-refractivity contribution is 0.930. The molecule has 0 spiro atoms. The van der Waals surface area contributed by atoms with Crippen molar-refractivity contribution in [1.29, 1.82) is 0 Å². The molecule has 1 aromatic carbocycles. The molecule has 0 aliphatic heterocycles. The van der Waals surface area contributed by atoms with Crippen molar-refractivity contribution in [3.8, 4) is 10.7 Å². The molecule has 4 nitrogen and oxygen atoms in total. The summed E-state index contributed by atoms with van der Waals surface area (Å²) >= 11 is 7.39. The predicted molar refractivity (Wildman–Crippen MR) is 74.5 cm³/mol. The summed E-state index contributed by atoms with van der Waals surface area (Å²) in [5.41, 5.74) is 0.276. The number of nitrogens with zero attached hydrogens (tertiary/aromatic N) is 2. The van der Waals surface area contributed by atoms with E-state index in [1.807, 2.05) is 17.5 Å². The van der Waals surface area contributed by atoms with Crippen LogP contribution in [-0.2, 0) is 0 Å². The van der Waals surface area contributed by atoms with Crippen molar-refractivity contribution < 1.29 is 0 Å². The van der Waals surface area contributed by atoms with Crippen LogP contribution in [0.1, 0.15) is 0 Å². The highest BCUT2D eigenvalue weighted by atomic mass is 35.5. The SMILES string of the molecule is Nn1c(-c2cccs2)nc2cc(Cl)ccc2c1=O. The highest BCUT2D eigenvalue weighted by Gasteiger charge is 2.11. The van der Waals surface area contributed by atoms with Gasteiger partial charge in [0.1, 0.15) is 0 Å². The van der Waals surface area contributed by atoms with E-state index in [2.05, 4.69) is 4.98 Å². The van der Waals surface area contributed by atoms with E-state index in [-0.39, 0.29) is 5.56 Å². The lowest BCUT2D eigenvalue weighted by atomic mass is 10.2. The first-order chi connectivity index (χ1) is 8.66. The van der Waals surface area contributed by atoms with Gasteiger partial charge in [-0.25, -0.2) is 9.66 Å². The molecule has 18 heavy (non-hydrogen) atoms. The van der Waals surface area contributed by atoms with Crippen LogP contribution in [0.4, 0.5) is 0 Å². The molecule has 3 aromatic rings. The monoisotopic (exact) mass is 277 g/mol. The molecule has 0 aliphatic carbocycles. The Morgan fingerprint density at radius 1 is 1.33 bits per heavy atom. The third kappa shape index (κ3) is 1.68. The summed E-state index contributed by atoms with van der Waals surface area (Å²) in [5, 5.41) is 2.91. The first-order valence-corrected chi connectivity index (χ1v) is 6.44. The van der Waals surface area contributed by atoms with Crippen LogP contribution in [0.2, 0.25) is 5.02 Å². The molecule has 0 radical (unpaired) electrons. The van der Waals surface area contributed by atoms with Gasteiger partial charge in [0.15, 0.2) is 5.82 Å². The van der Waals surface area contributed by atoms with E-state index >= 15 is 0 Å². The van der Waals surface area contributed by atoms with Gasteiger partial charge in [-0.3, -0.25) is 4.79 Å². The van der Waals surface area contributed by atoms with Crippen molar-refractivity contribution in [3.63, 3.8) is 0 Å². The average molecular weight is 278 g/mol. The first kappa shape index (κ1) is 11.3. The number of nitrogens with two attached hydrogens (primary N) is 1. The normalized spacial score (nSPS) is 10.9. The molecular weight excluding hydrogens is 270 g/mol. The summed E-state index contributed by atoms with van der Waals surface area (Å²) in [5.74, 6) is 6.24. The molecule has 0 atom stereocenters. The van der Waals surface area contributed by atoms with E-state index in [4.69, 9.17) is 17.4 Å².